The van der Waals surface area contributed by atoms with Gasteiger partial charge in [-0.3, -0.25) is 9.59 Å². The third-order valence-corrected chi connectivity index (χ3v) is 6.77. The maximum absolute atomic E-state index is 13.9. The quantitative estimate of drug-likeness (QED) is 0.183. The minimum Gasteiger partial charge on any atom is -0.465 e. The predicted octanol–water partition coefficient (Wildman–Crippen LogP) is 7.45. The number of benzene rings is 1. The molecule has 0 saturated carbocycles. The number of hydrogen-bond acceptors (Lipinski definition) is 3. The molecule has 0 bridgehead atoms. The van der Waals surface area contributed by atoms with Crippen molar-refractivity contribution in [3.8, 4) is 0 Å². The fraction of sp³-hybridized carbons (Fsp3) is 0.714. The summed E-state index contributed by atoms with van der Waals surface area (Å²) >= 11 is 0. The Bertz CT molecular complexity index is 732. The van der Waals surface area contributed by atoms with Crippen molar-refractivity contribution < 1.29 is 23.1 Å². The van der Waals surface area contributed by atoms with Gasteiger partial charge in [-0.05, 0) is 37.5 Å². The van der Waals surface area contributed by atoms with Crippen molar-refractivity contribution in [1.82, 2.24) is 4.90 Å². The van der Waals surface area contributed by atoms with Crippen LogP contribution in [0.1, 0.15) is 114 Å². The molecule has 0 N–H and O–H groups in total. The molecule has 6 heteroatoms. The van der Waals surface area contributed by atoms with Crippen LogP contribution in [0.4, 0.5) is 8.78 Å². The van der Waals surface area contributed by atoms with Crippen LogP contribution in [0.3, 0.4) is 0 Å². The van der Waals surface area contributed by atoms with E-state index < -0.39 is 17.5 Å². The van der Waals surface area contributed by atoms with Crippen LogP contribution < -0.4 is 0 Å². The molecule has 1 aliphatic heterocycles. The van der Waals surface area contributed by atoms with E-state index in [9.17, 15) is 18.4 Å². The van der Waals surface area contributed by atoms with Crippen LogP contribution in [-0.4, -0.2) is 36.5 Å². The number of carbonyl (C=O) groups excluding carboxylic acids is 2. The van der Waals surface area contributed by atoms with Crippen LogP contribution in [-0.2, 0) is 9.53 Å². The monoisotopic (exact) mass is 479 g/mol. The number of ether oxygens (including phenoxy) is 1. The summed E-state index contributed by atoms with van der Waals surface area (Å²) < 4.78 is 32.7. The number of halogens is 2. The summed E-state index contributed by atoms with van der Waals surface area (Å²) in [7, 11) is 0. The van der Waals surface area contributed by atoms with Gasteiger partial charge in [-0.15, -0.1) is 0 Å². The van der Waals surface area contributed by atoms with Gasteiger partial charge in [0.25, 0.3) is 5.91 Å². The fourth-order valence-corrected chi connectivity index (χ4v) is 4.56. The molecule has 1 fully saturated rings. The second kappa shape index (κ2) is 16.6. The van der Waals surface area contributed by atoms with Gasteiger partial charge in [-0.25, -0.2) is 8.78 Å². The molecule has 1 saturated heterocycles. The van der Waals surface area contributed by atoms with Crippen LogP contribution in [0.25, 0.3) is 0 Å². The molecule has 0 aliphatic carbocycles. The highest BCUT2D eigenvalue weighted by molar-refractivity contribution is 5.94. The number of hydrogen-bond donors (Lipinski definition) is 0. The van der Waals surface area contributed by atoms with Gasteiger partial charge in [0.15, 0.2) is 0 Å². The largest absolute Gasteiger partial charge is 0.465 e. The molecule has 0 aromatic heterocycles. The van der Waals surface area contributed by atoms with Crippen molar-refractivity contribution in [1.29, 1.82) is 0 Å². The van der Waals surface area contributed by atoms with Crippen molar-refractivity contribution in [2.24, 2.45) is 5.92 Å². The van der Waals surface area contributed by atoms with E-state index in [1.807, 2.05) is 0 Å². The Hall–Kier alpha value is -1.98. The van der Waals surface area contributed by atoms with Crippen molar-refractivity contribution in [2.75, 3.05) is 19.7 Å². The Labute approximate surface area is 204 Å². The first-order valence-corrected chi connectivity index (χ1v) is 13.4. The lowest BCUT2D eigenvalue weighted by Crippen LogP contribution is -2.41. The minimum absolute atomic E-state index is 0.206. The molecule has 1 aromatic carbocycles. The Morgan fingerprint density at radius 2 is 1.38 bits per heavy atom. The smallest absolute Gasteiger partial charge is 0.309 e. The van der Waals surface area contributed by atoms with Crippen LogP contribution in [0.5, 0.6) is 0 Å². The molecular weight excluding hydrogens is 436 g/mol. The lowest BCUT2D eigenvalue weighted by Gasteiger charge is -2.31. The molecule has 0 spiro atoms. The van der Waals surface area contributed by atoms with E-state index in [0.29, 0.717) is 32.5 Å². The molecule has 2 rings (SSSR count). The summed E-state index contributed by atoms with van der Waals surface area (Å²) in [6.45, 7) is 3.38. The zero-order valence-electron chi connectivity index (χ0n) is 21.0. The van der Waals surface area contributed by atoms with Gasteiger partial charge in [0.1, 0.15) is 11.6 Å². The molecule has 1 aromatic rings. The van der Waals surface area contributed by atoms with Crippen molar-refractivity contribution in [2.45, 2.75) is 103 Å². The molecule has 192 valence electrons. The van der Waals surface area contributed by atoms with Crippen molar-refractivity contribution in [3.05, 3.63) is 35.4 Å². The molecule has 4 nitrogen and oxygen atoms in total. The number of unbranched alkanes of at least 4 members (excludes halogenated alkanes) is 12. The van der Waals surface area contributed by atoms with E-state index in [-0.39, 0.29) is 17.5 Å². The van der Waals surface area contributed by atoms with E-state index in [0.717, 1.165) is 31.0 Å². The normalized spacial score (nSPS) is 14.4. The maximum Gasteiger partial charge on any atom is 0.309 e. The SMILES string of the molecule is CCCCCCCCCCCCCCCOC(=O)C1CCN(C(=O)c2cc(F)ccc2F)CC1. The summed E-state index contributed by atoms with van der Waals surface area (Å²) in [6, 6.07) is 2.88. The van der Waals surface area contributed by atoms with E-state index in [2.05, 4.69) is 6.92 Å². The highest BCUT2D eigenvalue weighted by atomic mass is 19.1. The summed E-state index contributed by atoms with van der Waals surface area (Å²) in [6.07, 6.45) is 17.6. The lowest BCUT2D eigenvalue weighted by atomic mass is 9.96. The van der Waals surface area contributed by atoms with Gasteiger partial charge in [0, 0.05) is 13.1 Å². The highest BCUT2D eigenvalue weighted by Crippen LogP contribution is 2.22. The third-order valence-electron chi connectivity index (χ3n) is 6.77. The van der Waals surface area contributed by atoms with E-state index in [1.165, 1.54) is 75.5 Å². The zero-order chi connectivity index (χ0) is 24.6. The Morgan fingerprint density at radius 1 is 0.853 bits per heavy atom. The summed E-state index contributed by atoms with van der Waals surface area (Å²) in [5, 5.41) is 0. The Balaban J connectivity index is 1.47. The third kappa shape index (κ3) is 10.5. The molecule has 0 unspecified atom stereocenters. The molecule has 1 heterocycles. The van der Waals surface area contributed by atoms with Crippen LogP contribution in [0.2, 0.25) is 0 Å². The number of carbonyl (C=O) groups is 2. The van der Waals surface area contributed by atoms with Gasteiger partial charge in [-0.2, -0.15) is 0 Å². The summed E-state index contributed by atoms with van der Waals surface area (Å²) in [4.78, 5) is 26.3. The average molecular weight is 480 g/mol. The first-order valence-electron chi connectivity index (χ1n) is 13.4. The van der Waals surface area contributed by atoms with Gasteiger partial charge in [0.2, 0.25) is 0 Å². The topological polar surface area (TPSA) is 46.6 Å². The number of nitrogens with zero attached hydrogens (tertiary/aromatic N) is 1. The fourth-order valence-electron chi connectivity index (χ4n) is 4.56. The average Bonchev–Trinajstić information content (AvgIpc) is 2.85. The van der Waals surface area contributed by atoms with Crippen molar-refractivity contribution >= 4 is 11.9 Å². The molecule has 34 heavy (non-hydrogen) atoms. The minimum atomic E-state index is -0.731. The second-order valence-corrected chi connectivity index (χ2v) is 9.60. The standard InChI is InChI=1S/C28H43F2NO3/c1-2-3-4-5-6-7-8-9-10-11-12-13-14-21-34-28(33)23-17-19-31(20-18-23)27(32)25-22-24(29)15-16-26(25)30/h15-16,22-23H,2-14,17-21H2,1H3. The second-order valence-electron chi connectivity index (χ2n) is 9.60. The Morgan fingerprint density at radius 3 is 1.94 bits per heavy atom. The number of amides is 1. The van der Waals surface area contributed by atoms with E-state index in [1.54, 1.807) is 0 Å². The van der Waals surface area contributed by atoms with E-state index in [4.69, 9.17) is 4.74 Å². The maximum atomic E-state index is 13.9. The number of likely N-dealkylation sites (tertiary alicyclic amines) is 1. The molecular formula is C28H43F2NO3. The van der Waals surface area contributed by atoms with Gasteiger partial charge < -0.3 is 9.64 Å². The van der Waals surface area contributed by atoms with Gasteiger partial charge >= 0.3 is 5.97 Å². The van der Waals surface area contributed by atoms with Crippen LogP contribution in [0.15, 0.2) is 18.2 Å². The molecule has 0 atom stereocenters. The molecule has 0 radical (unpaired) electrons. The molecule has 1 aliphatic rings. The summed E-state index contributed by atoms with van der Waals surface area (Å²) in [5.74, 6) is -2.34. The molecule has 1 amide bonds. The van der Waals surface area contributed by atoms with Gasteiger partial charge in [-0.1, -0.05) is 84.0 Å². The van der Waals surface area contributed by atoms with Gasteiger partial charge in [0.05, 0.1) is 18.1 Å². The van der Waals surface area contributed by atoms with Crippen molar-refractivity contribution in [3.63, 3.8) is 0 Å². The van der Waals surface area contributed by atoms with E-state index >= 15 is 0 Å². The Kier molecular flexibility index (Phi) is 13.8. The van der Waals surface area contributed by atoms with Crippen LogP contribution in [0, 0.1) is 17.6 Å². The first-order chi connectivity index (χ1) is 16.5. The highest BCUT2D eigenvalue weighted by Gasteiger charge is 2.29. The predicted molar refractivity (Wildman–Crippen MR) is 132 cm³/mol. The number of esters is 1. The lowest BCUT2D eigenvalue weighted by molar-refractivity contribution is -0.150. The first kappa shape index (κ1) is 28.3. The van der Waals surface area contributed by atoms with Crippen LogP contribution >= 0.6 is 0 Å². The number of rotatable bonds is 16. The zero-order valence-corrected chi connectivity index (χ0v) is 21.0. The summed E-state index contributed by atoms with van der Waals surface area (Å²) in [5.41, 5.74) is -0.261. The number of piperidine rings is 1.